The Kier molecular flexibility index (Phi) is 5.73. The van der Waals surface area contributed by atoms with Gasteiger partial charge < -0.3 is 9.47 Å². The highest BCUT2D eigenvalue weighted by Gasteiger charge is 2.24. The fourth-order valence-electron chi connectivity index (χ4n) is 2.93. The summed E-state index contributed by atoms with van der Waals surface area (Å²) in [5, 5.41) is 0.607. The van der Waals surface area contributed by atoms with Crippen molar-refractivity contribution < 1.29 is 14.3 Å². The molecule has 1 aliphatic heterocycles. The van der Waals surface area contributed by atoms with Gasteiger partial charge in [0, 0.05) is 22.6 Å². The van der Waals surface area contributed by atoms with Gasteiger partial charge in [-0.1, -0.05) is 60.1 Å². The number of carbonyl (C=O) groups excluding carboxylic acids is 1. The maximum absolute atomic E-state index is 12.3. The number of aliphatic imine (C=N–C) groups is 1. The molecule has 0 atom stereocenters. The van der Waals surface area contributed by atoms with E-state index in [1.165, 1.54) is 5.56 Å². The van der Waals surface area contributed by atoms with Crippen LogP contribution in [0.4, 0.5) is 0 Å². The monoisotopic (exact) mass is 403 g/mol. The highest BCUT2D eigenvalue weighted by Crippen LogP contribution is 2.25. The number of para-hydroxylation sites is 1. The molecule has 3 aromatic carbocycles. The van der Waals surface area contributed by atoms with E-state index in [0.29, 0.717) is 22.9 Å². The van der Waals surface area contributed by atoms with Gasteiger partial charge in [0.15, 0.2) is 5.70 Å². The smallest absolute Gasteiger partial charge is 0.363 e. The second-order valence-corrected chi connectivity index (χ2v) is 6.90. The minimum atomic E-state index is -0.492. The molecule has 3 aromatic rings. The van der Waals surface area contributed by atoms with Crippen LogP contribution in [-0.4, -0.2) is 18.5 Å². The van der Waals surface area contributed by atoms with Crippen LogP contribution >= 0.6 is 11.6 Å². The first-order chi connectivity index (χ1) is 14.2. The third-order valence-corrected chi connectivity index (χ3v) is 4.67. The second kappa shape index (κ2) is 8.76. The zero-order valence-corrected chi connectivity index (χ0v) is 16.3. The van der Waals surface area contributed by atoms with Gasteiger partial charge in [0.1, 0.15) is 5.75 Å². The van der Waals surface area contributed by atoms with Gasteiger partial charge in [-0.05, 0) is 42.0 Å². The molecule has 1 heterocycles. The Morgan fingerprint density at radius 1 is 0.931 bits per heavy atom. The van der Waals surface area contributed by atoms with Crippen LogP contribution < -0.4 is 4.74 Å². The highest BCUT2D eigenvalue weighted by molar-refractivity contribution is 6.30. The number of ether oxygens (including phenoxy) is 2. The Hall–Kier alpha value is -3.37. The molecule has 0 aliphatic carbocycles. The zero-order valence-electron chi connectivity index (χ0n) is 15.5. The molecule has 5 heteroatoms. The summed E-state index contributed by atoms with van der Waals surface area (Å²) in [6.45, 7) is 0.536. The summed E-state index contributed by atoms with van der Waals surface area (Å²) in [6.07, 6.45) is 2.48. The maximum Gasteiger partial charge on any atom is 0.363 e. The van der Waals surface area contributed by atoms with Crippen molar-refractivity contribution >= 4 is 29.5 Å². The average molecular weight is 404 g/mol. The second-order valence-electron chi connectivity index (χ2n) is 6.46. The van der Waals surface area contributed by atoms with Crippen LogP contribution in [0, 0.1) is 0 Å². The molecule has 4 nitrogen and oxygen atoms in total. The SMILES string of the molecule is O=C1OC(c2ccc(Cl)cc2)=N/C1=C/c1ccccc1OCCc1ccccc1. The fraction of sp³-hybridized carbons (Fsp3) is 0.0833. The number of hydrogen-bond acceptors (Lipinski definition) is 4. The lowest BCUT2D eigenvalue weighted by atomic mass is 10.1. The summed E-state index contributed by atoms with van der Waals surface area (Å²) in [5.41, 5.74) is 2.90. The van der Waals surface area contributed by atoms with Crippen LogP contribution in [0.25, 0.3) is 6.08 Å². The van der Waals surface area contributed by atoms with Crippen LogP contribution in [0.2, 0.25) is 5.02 Å². The minimum Gasteiger partial charge on any atom is -0.493 e. The number of halogens is 1. The van der Waals surface area contributed by atoms with E-state index in [-0.39, 0.29) is 11.6 Å². The van der Waals surface area contributed by atoms with Crippen LogP contribution in [0.5, 0.6) is 5.75 Å². The Morgan fingerprint density at radius 2 is 1.66 bits per heavy atom. The normalized spacial score (nSPS) is 14.6. The van der Waals surface area contributed by atoms with Crippen molar-refractivity contribution in [3.05, 3.63) is 106 Å². The van der Waals surface area contributed by atoms with Gasteiger partial charge >= 0.3 is 5.97 Å². The third-order valence-electron chi connectivity index (χ3n) is 4.41. The first kappa shape index (κ1) is 19.0. The lowest BCUT2D eigenvalue weighted by molar-refractivity contribution is -0.129. The van der Waals surface area contributed by atoms with Gasteiger partial charge in [-0.3, -0.25) is 0 Å². The van der Waals surface area contributed by atoms with E-state index in [4.69, 9.17) is 21.1 Å². The summed E-state index contributed by atoms with van der Waals surface area (Å²) in [7, 11) is 0. The Labute approximate surface area is 174 Å². The van der Waals surface area contributed by atoms with Gasteiger partial charge in [-0.15, -0.1) is 0 Å². The molecular weight excluding hydrogens is 386 g/mol. The largest absolute Gasteiger partial charge is 0.493 e. The van der Waals surface area contributed by atoms with Crippen molar-refractivity contribution in [1.82, 2.24) is 0 Å². The summed E-state index contributed by atoms with van der Waals surface area (Å²) in [5.74, 6) is 0.466. The van der Waals surface area contributed by atoms with Crippen molar-refractivity contribution in [3.63, 3.8) is 0 Å². The van der Waals surface area contributed by atoms with E-state index >= 15 is 0 Å². The molecule has 0 fully saturated rings. The van der Waals surface area contributed by atoms with Crippen LogP contribution in [0.1, 0.15) is 16.7 Å². The summed E-state index contributed by atoms with van der Waals surface area (Å²) in [4.78, 5) is 16.6. The number of hydrogen-bond donors (Lipinski definition) is 0. The molecule has 0 bridgehead atoms. The van der Waals surface area contributed by atoms with Gasteiger partial charge in [0.25, 0.3) is 0 Å². The lowest BCUT2D eigenvalue weighted by Gasteiger charge is -2.09. The van der Waals surface area contributed by atoms with Crippen LogP contribution in [0.3, 0.4) is 0 Å². The number of rotatable bonds is 6. The summed E-state index contributed by atoms with van der Waals surface area (Å²) < 4.78 is 11.3. The molecule has 144 valence electrons. The van der Waals surface area contributed by atoms with E-state index < -0.39 is 5.97 Å². The van der Waals surface area contributed by atoms with Crippen molar-refractivity contribution in [1.29, 1.82) is 0 Å². The first-order valence-electron chi connectivity index (χ1n) is 9.23. The highest BCUT2D eigenvalue weighted by atomic mass is 35.5. The minimum absolute atomic E-state index is 0.231. The quantitative estimate of drug-likeness (QED) is 0.414. The maximum atomic E-state index is 12.3. The van der Waals surface area contributed by atoms with E-state index in [1.54, 1.807) is 30.3 Å². The van der Waals surface area contributed by atoms with Gasteiger partial charge in [-0.25, -0.2) is 9.79 Å². The Bertz CT molecular complexity index is 1070. The summed E-state index contributed by atoms with van der Waals surface area (Å²) >= 11 is 5.91. The Morgan fingerprint density at radius 3 is 2.45 bits per heavy atom. The number of esters is 1. The van der Waals surface area contributed by atoms with Crippen molar-refractivity contribution in [3.8, 4) is 5.75 Å². The van der Waals surface area contributed by atoms with E-state index in [1.807, 2.05) is 42.5 Å². The predicted molar refractivity (Wildman–Crippen MR) is 114 cm³/mol. The standard InChI is InChI=1S/C24H18ClNO3/c25-20-12-10-18(11-13-20)23-26-21(24(27)29-23)16-19-8-4-5-9-22(19)28-15-14-17-6-2-1-3-7-17/h1-13,16H,14-15H2/b21-16+. The topological polar surface area (TPSA) is 47.9 Å². The zero-order chi connectivity index (χ0) is 20.1. The Balaban J connectivity index is 1.51. The van der Waals surface area contributed by atoms with Gasteiger partial charge in [0.2, 0.25) is 5.90 Å². The van der Waals surface area contributed by atoms with E-state index in [9.17, 15) is 4.79 Å². The molecule has 0 unspecified atom stereocenters. The number of benzene rings is 3. The predicted octanol–water partition coefficient (Wildman–Crippen LogP) is 5.31. The van der Waals surface area contributed by atoms with Crippen molar-refractivity contribution in [2.45, 2.75) is 6.42 Å². The molecule has 29 heavy (non-hydrogen) atoms. The molecule has 0 radical (unpaired) electrons. The van der Waals surface area contributed by atoms with Gasteiger partial charge in [0.05, 0.1) is 6.61 Å². The third kappa shape index (κ3) is 4.73. The molecule has 0 saturated carbocycles. The molecule has 0 saturated heterocycles. The fourth-order valence-corrected chi connectivity index (χ4v) is 3.05. The molecule has 4 rings (SSSR count). The molecule has 0 aromatic heterocycles. The number of carbonyl (C=O) groups is 1. The average Bonchev–Trinajstić information content (AvgIpc) is 3.11. The molecule has 0 N–H and O–H groups in total. The summed E-state index contributed by atoms with van der Waals surface area (Å²) in [6, 6.07) is 24.7. The molecule has 0 spiro atoms. The molecular formula is C24H18ClNO3. The molecule has 0 amide bonds. The van der Waals surface area contributed by atoms with Crippen LogP contribution in [-0.2, 0) is 16.0 Å². The van der Waals surface area contributed by atoms with Crippen molar-refractivity contribution in [2.24, 2.45) is 4.99 Å². The lowest BCUT2D eigenvalue weighted by Crippen LogP contribution is -2.05. The first-order valence-corrected chi connectivity index (χ1v) is 9.61. The van der Waals surface area contributed by atoms with E-state index in [2.05, 4.69) is 17.1 Å². The van der Waals surface area contributed by atoms with Crippen molar-refractivity contribution in [2.75, 3.05) is 6.61 Å². The van der Waals surface area contributed by atoms with Crippen LogP contribution in [0.15, 0.2) is 89.6 Å². The van der Waals surface area contributed by atoms with Gasteiger partial charge in [-0.2, -0.15) is 0 Å². The molecule has 1 aliphatic rings. The number of cyclic esters (lactones) is 1. The van der Waals surface area contributed by atoms with E-state index in [0.717, 1.165) is 12.0 Å². The number of nitrogens with zero attached hydrogens (tertiary/aromatic N) is 1.